The molecule has 0 saturated carbocycles. The Balaban J connectivity index is 1.64. The Labute approximate surface area is 166 Å². The predicted octanol–water partition coefficient (Wildman–Crippen LogP) is 3.14. The van der Waals surface area contributed by atoms with Gasteiger partial charge in [-0.05, 0) is 30.7 Å². The molecule has 1 N–H and O–H groups in total. The number of hydrogen-bond donors (Lipinski definition) is 1. The molecule has 4 rings (SSSR count). The van der Waals surface area contributed by atoms with Crippen LogP contribution in [-0.4, -0.2) is 60.2 Å². The number of nitrogens with one attached hydrogen (secondary N) is 1. The summed E-state index contributed by atoms with van der Waals surface area (Å²) in [5.74, 6) is 1.18. The number of piperidine rings is 1. The standard InChI is InChI=1S/C20H28N4O3S/c1-26-18-17(15-6-4-5-7-16(15)22-19(18)27-2)23-11-8-20(9-12-23)10-13-24(14-20)28(3,21)25/h4-7,21H,8-14H2,1-3H3. The molecule has 3 heterocycles. The molecule has 0 aliphatic carbocycles. The molecule has 1 spiro atoms. The number of benzene rings is 1. The fourth-order valence-corrected chi connectivity index (χ4v) is 5.56. The zero-order valence-corrected chi connectivity index (χ0v) is 17.6. The molecule has 0 radical (unpaired) electrons. The maximum atomic E-state index is 12.1. The number of fused-ring (bicyclic) bond motifs is 1. The van der Waals surface area contributed by atoms with E-state index in [1.165, 1.54) is 6.26 Å². The molecule has 2 aliphatic rings. The number of nitrogens with zero attached hydrogens (tertiary/aromatic N) is 3. The lowest BCUT2D eigenvalue weighted by Crippen LogP contribution is -2.42. The number of aromatic nitrogens is 1. The number of ether oxygens (including phenoxy) is 2. The highest BCUT2D eigenvalue weighted by Gasteiger charge is 2.43. The summed E-state index contributed by atoms with van der Waals surface area (Å²) in [6.07, 6.45) is 4.58. The summed E-state index contributed by atoms with van der Waals surface area (Å²) in [5, 5.41) is 1.06. The molecule has 1 aromatic heterocycles. The second kappa shape index (κ2) is 7.08. The Bertz CT molecular complexity index is 984. The summed E-state index contributed by atoms with van der Waals surface area (Å²) in [5.41, 5.74) is 2.09. The maximum Gasteiger partial charge on any atom is 0.259 e. The summed E-state index contributed by atoms with van der Waals surface area (Å²) >= 11 is 0. The lowest BCUT2D eigenvalue weighted by Gasteiger charge is -2.41. The normalized spacial score (nSPS) is 21.8. The van der Waals surface area contributed by atoms with Crippen LogP contribution in [0.1, 0.15) is 19.3 Å². The van der Waals surface area contributed by atoms with Crippen molar-refractivity contribution in [2.75, 3.05) is 51.6 Å². The minimum absolute atomic E-state index is 0.163. The quantitative estimate of drug-likeness (QED) is 0.847. The first-order valence-electron chi connectivity index (χ1n) is 9.61. The van der Waals surface area contributed by atoms with Gasteiger partial charge in [-0.25, -0.2) is 18.3 Å². The third-order valence-corrected chi connectivity index (χ3v) is 7.52. The summed E-state index contributed by atoms with van der Waals surface area (Å²) < 4.78 is 33.1. The molecule has 7 nitrogen and oxygen atoms in total. The molecular formula is C20H28N4O3S. The third-order valence-electron chi connectivity index (χ3n) is 6.22. The molecule has 8 heteroatoms. The van der Waals surface area contributed by atoms with Crippen LogP contribution in [0.25, 0.3) is 10.9 Å². The minimum atomic E-state index is -2.62. The smallest absolute Gasteiger partial charge is 0.259 e. The number of pyridine rings is 1. The number of methoxy groups -OCH3 is 2. The zero-order chi connectivity index (χ0) is 19.9. The van der Waals surface area contributed by atoms with Gasteiger partial charge in [0.15, 0.2) is 0 Å². The van der Waals surface area contributed by atoms with Crippen LogP contribution in [0.3, 0.4) is 0 Å². The molecule has 1 unspecified atom stereocenters. The number of anilines is 1. The molecule has 2 aliphatic heterocycles. The van der Waals surface area contributed by atoms with Crippen molar-refractivity contribution >= 4 is 26.5 Å². The van der Waals surface area contributed by atoms with E-state index in [1.807, 2.05) is 22.5 Å². The lowest BCUT2D eigenvalue weighted by molar-refractivity contribution is 0.235. The third kappa shape index (κ3) is 3.28. The van der Waals surface area contributed by atoms with Crippen LogP contribution < -0.4 is 14.4 Å². The first kappa shape index (κ1) is 19.3. The van der Waals surface area contributed by atoms with Crippen molar-refractivity contribution in [3.8, 4) is 11.6 Å². The van der Waals surface area contributed by atoms with Crippen LogP contribution in [0.2, 0.25) is 0 Å². The van der Waals surface area contributed by atoms with E-state index in [9.17, 15) is 4.21 Å². The Kier molecular flexibility index (Phi) is 4.87. The summed E-state index contributed by atoms with van der Waals surface area (Å²) in [7, 11) is 0.656. The van der Waals surface area contributed by atoms with Crippen LogP contribution in [-0.2, 0) is 9.92 Å². The molecule has 0 bridgehead atoms. The fraction of sp³-hybridized carbons (Fsp3) is 0.550. The summed E-state index contributed by atoms with van der Waals surface area (Å²) in [6.45, 7) is 3.31. The average molecular weight is 405 g/mol. The molecule has 1 aromatic carbocycles. The number of rotatable bonds is 4. The monoisotopic (exact) mass is 404 g/mol. The summed E-state index contributed by atoms with van der Waals surface area (Å²) in [6, 6.07) is 8.07. The molecule has 2 aromatic rings. The van der Waals surface area contributed by atoms with Gasteiger partial charge in [-0.15, -0.1) is 0 Å². The minimum Gasteiger partial charge on any atom is -0.490 e. The number of para-hydroxylation sites is 1. The van der Waals surface area contributed by atoms with Crippen LogP contribution >= 0.6 is 0 Å². The van der Waals surface area contributed by atoms with Crippen LogP contribution in [0.5, 0.6) is 11.6 Å². The van der Waals surface area contributed by atoms with E-state index in [-0.39, 0.29) is 5.41 Å². The first-order valence-corrected chi connectivity index (χ1v) is 11.5. The van der Waals surface area contributed by atoms with Gasteiger partial charge in [0.1, 0.15) is 9.92 Å². The topological polar surface area (TPSA) is 78.8 Å². The molecular weight excluding hydrogens is 376 g/mol. The molecule has 152 valence electrons. The SMILES string of the molecule is COc1nc2ccccc2c(N2CCC3(CC2)CCN(S(C)(=N)=O)C3)c1OC. The fourth-order valence-electron chi connectivity index (χ4n) is 4.60. The second-order valence-electron chi connectivity index (χ2n) is 7.92. The van der Waals surface area contributed by atoms with E-state index >= 15 is 0 Å². The highest BCUT2D eigenvalue weighted by atomic mass is 32.2. The highest BCUT2D eigenvalue weighted by molar-refractivity contribution is 7.89. The van der Waals surface area contributed by atoms with Gasteiger partial charge in [0.25, 0.3) is 5.88 Å². The Morgan fingerprint density at radius 1 is 1.11 bits per heavy atom. The highest BCUT2D eigenvalue weighted by Crippen LogP contribution is 2.46. The zero-order valence-electron chi connectivity index (χ0n) is 16.7. The van der Waals surface area contributed by atoms with Gasteiger partial charge >= 0.3 is 0 Å². The van der Waals surface area contributed by atoms with Gasteiger partial charge in [0.2, 0.25) is 5.75 Å². The molecule has 1 atom stereocenters. The summed E-state index contributed by atoms with van der Waals surface area (Å²) in [4.78, 5) is 6.96. The molecule has 0 amide bonds. The van der Waals surface area contributed by atoms with Crippen molar-refractivity contribution in [3.05, 3.63) is 24.3 Å². The average Bonchev–Trinajstić information content (AvgIpc) is 3.11. The number of hydrogen-bond acceptors (Lipinski definition) is 6. The van der Waals surface area contributed by atoms with E-state index in [2.05, 4.69) is 16.0 Å². The van der Waals surface area contributed by atoms with Gasteiger partial charge in [-0.1, -0.05) is 18.2 Å². The van der Waals surface area contributed by atoms with Crippen molar-refractivity contribution in [1.82, 2.24) is 9.29 Å². The molecule has 2 fully saturated rings. The van der Waals surface area contributed by atoms with Crippen LogP contribution in [0, 0.1) is 10.2 Å². The first-order chi connectivity index (χ1) is 13.4. The van der Waals surface area contributed by atoms with Gasteiger partial charge in [-0.2, -0.15) is 0 Å². The van der Waals surface area contributed by atoms with Crippen LogP contribution in [0.15, 0.2) is 24.3 Å². The van der Waals surface area contributed by atoms with E-state index in [0.717, 1.165) is 62.0 Å². The van der Waals surface area contributed by atoms with Gasteiger partial charge in [0, 0.05) is 37.8 Å². The predicted molar refractivity (Wildman–Crippen MR) is 112 cm³/mol. The van der Waals surface area contributed by atoms with E-state index in [0.29, 0.717) is 11.6 Å². The van der Waals surface area contributed by atoms with Crippen LogP contribution in [0.4, 0.5) is 5.69 Å². The van der Waals surface area contributed by atoms with Gasteiger partial charge in [0.05, 0.1) is 25.4 Å². The Hall–Kier alpha value is -2.06. The van der Waals surface area contributed by atoms with Crippen molar-refractivity contribution in [2.45, 2.75) is 19.3 Å². The Morgan fingerprint density at radius 2 is 1.79 bits per heavy atom. The van der Waals surface area contributed by atoms with Gasteiger partial charge in [-0.3, -0.25) is 0 Å². The molecule has 2 saturated heterocycles. The van der Waals surface area contributed by atoms with E-state index < -0.39 is 9.92 Å². The largest absolute Gasteiger partial charge is 0.490 e. The Morgan fingerprint density at radius 3 is 2.39 bits per heavy atom. The van der Waals surface area contributed by atoms with Crippen molar-refractivity contribution in [3.63, 3.8) is 0 Å². The van der Waals surface area contributed by atoms with Crippen molar-refractivity contribution in [1.29, 1.82) is 4.78 Å². The lowest BCUT2D eigenvalue weighted by atomic mass is 9.77. The maximum absolute atomic E-state index is 12.1. The second-order valence-corrected chi connectivity index (χ2v) is 10.0. The van der Waals surface area contributed by atoms with Crippen molar-refractivity contribution < 1.29 is 13.7 Å². The van der Waals surface area contributed by atoms with Crippen molar-refractivity contribution in [2.24, 2.45) is 5.41 Å². The van der Waals surface area contributed by atoms with Gasteiger partial charge < -0.3 is 14.4 Å². The van der Waals surface area contributed by atoms with E-state index in [1.54, 1.807) is 14.2 Å². The molecule has 28 heavy (non-hydrogen) atoms. The van der Waals surface area contributed by atoms with E-state index in [4.69, 9.17) is 14.3 Å².